The molecule has 1 aliphatic heterocycles. The van der Waals surface area contributed by atoms with Gasteiger partial charge in [0.2, 0.25) is 10.0 Å². The van der Waals surface area contributed by atoms with Gasteiger partial charge < -0.3 is 9.73 Å². The molecule has 0 radical (unpaired) electrons. The normalized spacial score (nSPS) is 20.3. The number of sulfonamides is 1. The van der Waals surface area contributed by atoms with Gasteiger partial charge in [-0.25, -0.2) is 8.42 Å². The first-order valence-electron chi connectivity index (χ1n) is 7.67. The Morgan fingerprint density at radius 1 is 1.33 bits per heavy atom. The summed E-state index contributed by atoms with van der Waals surface area (Å²) in [5, 5.41) is 3.27. The maximum Gasteiger partial charge on any atom is 0.246 e. The average Bonchev–Trinajstić information content (AvgIpc) is 2.95. The monoisotopic (exact) mass is 314 g/mol. The summed E-state index contributed by atoms with van der Waals surface area (Å²) in [5.41, 5.74) is 0.778. The van der Waals surface area contributed by atoms with E-state index in [0.29, 0.717) is 42.0 Å². The van der Waals surface area contributed by atoms with Crippen molar-refractivity contribution in [3.63, 3.8) is 0 Å². The zero-order chi connectivity index (χ0) is 15.6. The van der Waals surface area contributed by atoms with Gasteiger partial charge in [0.25, 0.3) is 0 Å². The summed E-state index contributed by atoms with van der Waals surface area (Å²) in [7, 11) is -3.45. The molecule has 0 amide bonds. The summed E-state index contributed by atoms with van der Waals surface area (Å²) in [4.78, 5) is 0.373. The van der Waals surface area contributed by atoms with Gasteiger partial charge in [-0.2, -0.15) is 4.31 Å². The quantitative estimate of drug-likeness (QED) is 0.819. The van der Waals surface area contributed by atoms with E-state index in [4.69, 9.17) is 4.42 Å². The Balaban J connectivity index is 2.33. The minimum atomic E-state index is -3.45. The van der Waals surface area contributed by atoms with Crippen molar-refractivity contribution in [2.45, 2.75) is 52.0 Å². The van der Waals surface area contributed by atoms with Crippen LogP contribution in [0.5, 0.6) is 0 Å². The second-order valence-corrected chi connectivity index (χ2v) is 7.83. The van der Waals surface area contributed by atoms with E-state index in [0.717, 1.165) is 24.9 Å². The van der Waals surface area contributed by atoms with Crippen molar-refractivity contribution < 1.29 is 12.8 Å². The zero-order valence-electron chi connectivity index (χ0n) is 13.4. The van der Waals surface area contributed by atoms with E-state index in [1.54, 1.807) is 11.2 Å². The molecule has 2 rings (SSSR count). The number of furan rings is 1. The van der Waals surface area contributed by atoms with Crippen molar-refractivity contribution in [2.24, 2.45) is 5.92 Å². The number of hydrogen-bond donors (Lipinski definition) is 1. The first-order chi connectivity index (χ1) is 9.87. The highest BCUT2D eigenvalue weighted by Gasteiger charge is 2.35. The summed E-state index contributed by atoms with van der Waals surface area (Å²) in [6, 6.07) is 0. The smallest absolute Gasteiger partial charge is 0.246 e. The average molecular weight is 314 g/mol. The molecule has 6 heteroatoms. The molecule has 120 valence electrons. The molecule has 5 nitrogen and oxygen atoms in total. The van der Waals surface area contributed by atoms with Gasteiger partial charge in [0, 0.05) is 25.2 Å². The summed E-state index contributed by atoms with van der Waals surface area (Å²) in [6.45, 7) is 10.4. The van der Waals surface area contributed by atoms with E-state index < -0.39 is 10.0 Å². The summed E-state index contributed by atoms with van der Waals surface area (Å²) in [5.74, 6) is 1.62. The Morgan fingerprint density at radius 2 is 2.05 bits per heavy atom. The van der Waals surface area contributed by atoms with Gasteiger partial charge in [0.05, 0.1) is 0 Å². The Morgan fingerprint density at radius 3 is 2.62 bits per heavy atom. The van der Waals surface area contributed by atoms with Crippen LogP contribution in [-0.2, 0) is 16.6 Å². The summed E-state index contributed by atoms with van der Waals surface area (Å²) >= 11 is 0. The van der Waals surface area contributed by atoms with E-state index in [9.17, 15) is 8.42 Å². The summed E-state index contributed by atoms with van der Waals surface area (Å²) < 4.78 is 33.0. The predicted octanol–water partition coefficient (Wildman–Crippen LogP) is 2.43. The number of aryl methyl sites for hydroxylation is 2. The third-order valence-corrected chi connectivity index (χ3v) is 6.10. The lowest BCUT2D eigenvalue weighted by atomic mass is 10.2. The molecule has 1 aliphatic rings. The van der Waals surface area contributed by atoms with Crippen LogP contribution in [0.3, 0.4) is 0 Å². The minimum Gasteiger partial charge on any atom is -0.465 e. The molecule has 1 N–H and O–H groups in total. The predicted molar refractivity (Wildman–Crippen MR) is 82.7 cm³/mol. The zero-order valence-corrected chi connectivity index (χ0v) is 14.2. The van der Waals surface area contributed by atoms with Crippen molar-refractivity contribution in [3.05, 3.63) is 17.1 Å². The molecular formula is C15H26N2O3S. The Hall–Kier alpha value is -0.850. The molecule has 0 spiro atoms. The Kier molecular flexibility index (Phi) is 5.11. The minimum absolute atomic E-state index is 0.373. The van der Waals surface area contributed by atoms with E-state index in [1.165, 1.54) is 0 Å². The van der Waals surface area contributed by atoms with E-state index in [-0.39, 0.29) is 0 Å². The highest BCUT2D eigenvalue weighted by atomic mass is 32.2. The number of nitrogens with one attached hydrogen (secondary N) is 1. The van der Waals surface area contributed by atoms with Crippen molar-refractivity contribution in [2.75, 3.05) is 19.6 Å². The van der Waals surface area contributed by atoms with Crippen LogP contribution in [0.15, 0.2) is 9.31 Å². The molecule has 2 heterocycles. The first-order valence-corrected chi connectivity index (χ1v) is 9.11. The molecule has 1 atom stereocenters. The lowest BCUT2D eigenvalue weighted by Crippen LogP contribution is -2.30. The SMILES string of the molecule is CCCNCc1c(C)oc(C)c1S(=O)(=O)N1CCC(C)C1. The lowest BCUT2D eigenvalue weighted by Gasteiger charge is -2.17. The van der Waals surface area contributed by atoms with Crippen LogP contribution < -0.4 is 5.32 Å². The molecule has 1 fully saturated rings. The largest absolute Gasteiger partial charge is 0.465 e. The molecule has 0 bridgehead atoms. The molecule has 1 saturated heterocycles. The van der Waals surface area contributed by atoms with Crippen molar-refractivity contribution in [1.29, 1.82) is 0 Å². The highest BCUT2D eigenvalue weighted by Crippen LogP contribution is 2.31. The topological polar surface area (TPSA) is 62.6 Å². The van der Waals surface area contributed by atoms with Crippen LogP contribution in [0, 0.1) is 19.8 Å². The van der Waals surface area contributed by atoms with Gasteiger partial charge >= 0.3 is 0 Å². The van der Waals surface area contributed by atoms with Crippen molar-refractivity contribution in [1.82, 2.24) is 9.62 Å². The molecule has 1 aromatic heterocycles. The second kappa shape index (κ2) is 6.50. The molecule has 21 heavy (non-hydrogen) atoms. The van der Waals surface area contributed by atoms with Gasteiger partial charge in [-0.3, -0.25) is 0 Å². The maximum atomic E-state index is 12.9. The van der Waals surface area contributed by atoms with Gasteiger partial charge in [-0.05, 0) is 39.2 Å². The standard InChI is InChI=1S/C15H26N2O3S/c1-5-7-16-9-14-12(3)20-13(4)15(14)21(18,19)17-8-6-11(2)10-17/h11,16H,5-10H2,1-4H3. The molecule has 0 aromatic carbocycles. The number of hydrogen-bond acceptors (Lipinski definition) is 4. The fraction of sp³-hybridized carbons (Fsp3) is 0.733. The van der Waals surface area contributed by atoms with Crippen molar-refractivity contribution >= 4 is 10.0 Å². The molecular weight excluding hydrogens is 288 g/mol. The number of rotatable bonds is 6. The fourth-order valence-electron chi connectivity index (χ4n) is 2.88. The van der Waals surface area contributed by atoms with Crippen molar-refractivity contribution in [3.8, 4) is 0 Å². The van der Waals surface area contributed by atoms with Crippen LogP contribution in [0.2, 0.25) is 0 Å². The second-order valence-electron chi connectivity index (χ2n) is 5.96. The van der Waals surface area contributed by atoms with Crippen LogP contribution in [0.1, 0.15) is 43.8 Å². The Labute approximate surface area is 127 Å². The molecule has 0 aliphatic carbocycles. The van der Waals surface area contributed by atoms with Crippen LogP contribution in [0.4, 0.5) is 0 Å². The summed E-state index contributed by atoms with van der Waals surface area (Å²) in [6.07, 6.45) is 1.94. The lowest BCUT2D eigenvalue weighted by molar-refractivity contribution is 0.457. The van der Waals surface area contributed by atoms with Crippen LogP contribution in [0.25, 0.3) is 0 Å². The van der Waals surface area contributed by atoms with E-state index in [1.807, 2.05) is 6.92 Å². The first kappa shape index (κ1) is 16.5. The van der Waals surface area contributed by atoms with Gasteiger partial charge in [0.15, 0.2) is 0 Å². The van der Waals surface area contributed by atoms with E-state index >= 15 is 0 Å². The van der Waals surface area contributed by atoms with E-state index in [2.05, 4.69) is 19.2 Å². The molecule has 0 saturated carbocycles. The molecule has 1 aromatic rings. The maximum absolute atomic E-state index is 12.9. The Bertz CT molecular complexity index is 592. The van der Waals surface area contributed by atoms with Gasteiger partial charge in [-0.1, -0.05) is 13.8 Å². The number of nitrogens with zero attached hydrogens (tertiary/aromatic N) is 1. The highest BCUT2D eigenvalue weighted by molar-refractivity contribution is 7.89. The fourth-order valence-corrected chi connectivity index (χ4v) is 4.87. The van der Waals surface area contributed by atoms with Crippen LogP contribution >= 0.6 is 0 Å². The van der Waals surface area contributed by atoms with Crippen LogP contribution in [-0.4, -0.2) is 32.4 Å². The van der Waals surface area contributed by atoms with Gasteiger partial charge in [0.1, 0.15) is 16.4 Å². The third kappa shape index (κ3) is 3.33. The third-order valence-electron chi connectivity index (χ3n) is 4.04. The molecule has 1 unspecified atom stereocenters. The van der Waals surface area contributed by atoms with Gasteiger partial charge in [-0.15, -0.1) is 0 Å².